The lowest BCUT2D eigenvalue weighted by Gasteiger charge is -2.08. The van der Waals surface area contributed by atoms with E-state index in [0.717, 1.165) is 24.2 Å². The minimum Gasteiger partial charge on any atom is -0.462 e. The average molecular weight is 409 g/mol. The first-order valence-corrected chi connectivity index (χ1v) is 10.9. The third-order valence-electron chi connectivity index (χ3n) is 4.29. The minimum atomic E-state index is -0.363. The molecule has 3 rings (SSSR count). The van der Waals surface area contributed by atoms with Crippen molar-refractivity contribution in [1.29, 1.82) is 0 Å². The number of aromatic nitrogens is 3. The van der Waals surface area contributed by atoms with E-state index in [4.69, 9.17) is 4.74 Å². The summed E-state index contributed by atoms with van der Waals surface area (Å²) in [5.41, 5.74) is 1.51. The fraction of sp³-hybridized carbons (Fsp3) is 0.556. The van der Waals surface area contributed by atoms with E-state index in [1.807, 2.05) is 17.0 Å². The largest absolute Gasteiger partial charge is 0.462 e. The molecule has 2 aromatic heterocycles. The van der Waals surface area contributed by atoms with Crippen LogP contribution in [-0.4, -0.2) is 39.0 Å². The Morgan fingerprint density at radius 2 is 2.15 bits per heavy atom. The van der Waals surface area contributed by atoms with Crippen LogP contribution in [0.15, 0.2) is 10.5 Å². The first-order valence-electron chi connectivity index (χ1n) is 9.02. The van der Waals surface area contributed by atoms with E-state index >= 15 is 0 Å². The molecule has 1 amide bonds. The number of anilines is 1. The van der Waals surface area contributed by atoms with Crippen LogP contribution in [0.4, 0.5) is 5.00 Å². The van der Waals surface area contributed by atoms with Crippen LogP contribution in [0, 0.1) is 0 Å². The van der Waals surface area contributed by atoms with Gasteiger partial charge in [-0.05, 0) is 36.6 Å². The van der Waals surface area contributed by atoms with Crippen molar-refractivity contribution in [3.05, 3.63) is 22.3 Å². The summed E-state index contributed by atoms with van der Waals surface area (Å²) < 4.78 is 7.09. The van der Waals surface area contributed by atoms with E-state index in [0.29, 0.717) is 28.2 Å². The molecule has 27 heavy (non-hydrogen) atoms. The molecule has 2 aromatic rings. The van der Waals surface area contributed by atoms with Gasteiger partial charge < -0.3 is 14.6 Å². The molecule has 0 saturated heterocycles. The molecule has 1 aliphatic rings. The van der Waals surface area contributed by atoms with Gasteiger partial charge in [-0.3, -0.25) is 4.79 Å². The lowest BCUT2D eigenvalue weighted by molar-refractivity contribution is -0.113. The molecule has 0 aromatic carbocycles. The van der Waals surface area contributed by atoms with Gasteiger partial charge in [-0.25, -0.2) is 4.79 Å². The van der Waals surface area contributed by atoms with E-state index in [2.05, 4.69) is 29.4 Å². The monoisotopic (exact) mass is 408 g/mol. The van der Waals surface area contributed by atoms with Gasteiger partial charge in [0.25, 0.3) is 0 Å². The number of ether oxygens (including phenoxy) is 1. The Hall–Kier alpha value is -1.87. The molecule has 1 fully saturated rings. The van der Waals surface area contributed by atoms with Crippen molar-refractivity contribution in [2.45, 2.75) is 50.6 Å². The van der Waals surface area contributed by atoms with E-state index in [1.165, 1.54) is 23.1 Å². The third-order valence-corrected chi connectivity index (χ3v) is 6.22. The predicted molar refractivity (Wildman–Crippen MR) is 107 cm³/mol. The summed E-state index contributed by atoms with van der Waals surface area (Å²) in [6.07, 6.45) is 2.16. The molecule has 1 saturated carbocycles. The lowest BCUT2D eigenvalue weighted by atomic mass is 10.1. The van der Waals surface area contributed by atoms with Gasteiger partial charge >= 0.3 is 5.97 Å². The van der Waals surface area contributed by atoms with E-state index < -0.39 is 0 Å². The number of nitrogens with zero attached hydrogens (tertiary/aromatic N) is 3. The average Bonchev–Trinajstić information content (AvgIpc) is 3.27. The molecule has 0 radical (unpaired) electrons. The SMILES string of the molecule is CCOC(=O)c1c(C2CC2)csc1NC(=O)CSc1nnc(C(C)C)n1C. The van der Waals surface area contributed by atoms with Gasteiger partial charge in [0.05, 0.1) is 17.9 Å². The van der Waals surface area contributed by atoms with Gasteiger partial charge in [0.2, 0.25) is 5.91 Å². The summed E-state index contributed by atoms with van der Waals surface area (Å²) in [6.45, 7) is 6.20. The highest BCUT2D eigenvalue weighted by Crippen LogP contribution is 2.46. The number of rotatable bonds is 8. The minimum absolute atomic E-state index is 0.177. The Bertz CT molecular complexity index is 840. The second-order valence-corrected chi connectivity index (χ2v) is 8.60. The molecule has 1 aliphatic carbocycles. The number of thiophene rings is 1. The van der Waals surface area contributed by atoms with Crippen molar-refractivity contribution < 1.29 is 14.3 Å². The molecule has 1 N–H and O–H groups in total. The topological polar surface area (TPSA) is 86.1 Å². The van der Waals surface area contributed by atoms with Gasteiger partial charge in [-0.2, -0.15) is 0 Å². The molecule has 9 heteroatoms. The van der Waals surface area contributed by atoms with Gasteiger partial charge in [0.1, 0.15) is 10.8 Å². The maximum atomic E-state index is 12.4. The van der Waals surface area contributed by atoms with Crippen LogP contribution >= 0.6 is 23.1 Å². The Morgan fingerprint density at radius 1 is 1.41 bits per heavy atom. The number of amides is 1. The van der Waals surface area contributed by atoms with Gasteiger partial charge in [0.15, 0.2) is 5.16 Å². The van der Waals surface area contributed by atoms with Crippen molar-refractivity contribution in [2.75, 3.05) is 17.7 Å². The highest BCUT2D eigenvalue weighted by Gasteiger charge is 2.32. The van der Waals surface area contributed by atoms with Crippen molar-refractivity contribution in [2.24, 2.45) is 7.05 Å². The van der Waals surface area contributed by atoms with Crippen molar-refractivity contribution in [3.8, 4) is 0 Å². The number of nitrogens with one attached hydrogen (secondary N) is 1. The van der Waals surface area contributed by atoms with Crippen LogP contribution in [-0.2, 0) is 16.6 Å². The van der Waals surface area contributed by atoms with Gasteiger partial charge in [0, 0.05) is 13.0 Å². The summed E-state index contributed by atoms with van der Waals surface area (Å²) >= 11 is 2.71. The number of esters is 1. The van der Waals surface area contributed by atoms with Crippen molar-refractivity contribution in [3.63, 3.8) is 0 Å². The normalized spacial score (nSPS) is 13.8. The zero-order chi connectivity index (χ0) is 19.6. The predicted octanol–water partition coefficient (Wildman–Crippen LogP) is 3.78. The highest BCUT2D eigenvalue weighted by atomic mass is 32.2. The summed E-state index contributed by atoms with van der Waals surface area (Å²) in [4.78, 5) is 24.8. The lowest BCUT2D eigenvalue weighted by Crippen LogP contribution is -2.17. The van der Waals surface area contributed by atoms with Crippen molar-refractivity contribution >= 4 is 40.0 Å². The maximum Gasteiger partial charge on any atom is 0.341 e. The quantitative estimate of drug-likeness (QED) is 0.528. The fourth-order valence-corrected chi connectivity index (χ4v) is 4.58. The maximum absolute atomic E-state index is 12.4. The van der Waals surface area contributed by atoms with Crippen LogP contribution in [0.25, 0.3) is 0 Å². The molecule has 7 nitrogen and oxygen atoms in total. The van der Waals surface area contributed by atoms with Crippen LogP contribution in [0.2, 0.25) is 0 Å². The van der Waals surface area contributed by atoms with E-state index in [-0.39, 0.29) is 23.5 Å². The second kappa shape index (κ2) is 8.43. The molecule has 0 bridgehead atoms. The van der Waals surface area contributed by atoms with Crippen LogP contribution in [0.3, 0.4) is 0 Å². The molecular formula is C18H24N4O3S2. The van der Waals surface area contributed by atoms with Crippen LogP contribution in [0.5, 0.6) is 0 Å². The van der Waals surface area contributed by atoms with E-state index in [9.17, 15) is 9.59 Å². The Labute approximate surface area is 166 Å². The van der Waals surface area contributed by atoms with Gasteiger partial charge in [-0.1, -0.05) is 25.6 Å². The number of hydrogen-bond acceptors (Lipinski definition) is 7. The molecule has 0 aliphatic heterocycles. The summed E-state index contributed by atoms with van der Waals surface area (Å²) in [5.74, 6) is 1.22. The fourth-order valence-electron chi connectivity index (χ4n) is 2.82. The van der Waals surface area contributed by atoms with Crippen LogP contribution in [0.1, 0.15) is 67.2 Å². The van der Waals surface area contributed by atoms with Crippen LogP contribution < -0.4 is 5.32 Å². The summed E-state index contributed by atoms with van der Waals surface area (Å²) in [7, 11) is 1.90. The molecule has 0 spiro atoms. The Balaban J connectivity index is 1.66. The van der Waals surface area contributed by atoms with Crippen molar-refractivity contribution in [1.82, 2.24) is 14.8 Å². The molecule has 146 valence electrons. The molecular weight excluding hydrogens is 384 g/mol. The van der Waals surface area contributed by atoms with E-state index in [1.54, 1.807) is 6.92 Å². The molecule has 0 unspecified atom stereocenters. The molecule has 0 atom stereocenters. The number of carbonyl (C=O) groups is 2. The summed E-state index contributed by atoms with van der Waals surface area (Å²) in [5, 5.41) is 14.4. The van der Waals surface area contributed by atoms with Gasteiger partial charge in [-0.15, -0.1) is 21.5 Å². The highest BCUT2D eigenvalue weighted by molar-refractivity contribution is 7.99. The Kier molecular flexibility index (Phi) is 6.21. The third kappa shape index (κ3) is 4.52. The standard InChI is InChI=1S/C18H24N4O3S2/c1-5-25-17(24)14-12(11-6-7-11)8-26-16(14)19-13(23)9-27-18-21-20-15(10(2)3)22(18)4/h8,10-11H,5-7,9H2,1-4H3,(H,19,23). The Morgan fingerprint density at radius 3 is 2.74 bits per heavy atom. The summed E-state index contributed by atoms with van der Waals surface area (Å²) in [6, 6.07) is 0. The zero-order valence-electron chi connectivity index (χ0n) is 15.9. The number of hydrogen-bond donors (Lipinski definition) is 1. The second-order valence-electron chi connectivity index (χ2n) is 6.78. The zero-order valence-corrected chi connectivity index (χ0v) is 17.6. The number of carbonyl (C=O) groups excluding carboxylic acids is 2. The first kappa shape index (κ1) is 19.9. The first-order chi connectivity index (χ1) is 12.9. The number of thioether (sulfide) groups is 1. The molecule has 2 heterocycles. The smallest absolute Gasteiger partial charge is 0.341 e.